The third-order valence-electron chi connectivity index (χ3n) is 3.01. The molecule has 0 bridgehead atoms. The third-order valence-corrected chi connectivity index (χ3v) is 4.39. The molecule has 0 spiro atoms. The van der Waals surface area contributed by atoms with Gasteiger partial charge in [0.15, 0.2) is 0 Å². The van der Waals surface area contributed by atoms with Crippen LogP contribution in [0.4, 0.5) is 5.69 Å². The Morgan fingerprint density at radius 2 is 1.68 bits per heavy atom. The molecule has 0 saturated heterocycles. The molecule has 0 aliphatic heterocycles. The number of para-hydroxylation sites is 2. The summed E-state index contributed by atoms with van der Waals surface area (Å²) in [5, 5.41) is 18.2. The molecular weight excluding hydrogens is 306 g/mol. The number of aliphatic carboxylic acids is 1. The number of sulfonamides is 1. The first-order valence-corrected chi connectivity index (χ1v) is 7.98. The number of hydrogen-bond acceptors (Lipinski definition) is 4. The van der Waals surface area contributed by atoms with E-state index >= 15 is 0 Å². The molecule has 3 N–H and O–H groups in total. The van der Waals surface area contributed by atoms with E-state index in [1.807, 2.05) is 0 Å². The van der Waals surface area contributed by atoms with Crippen molar-refractivity contribution in [3.05, 3.63) is 54.1 Å². The second kappa shape index (κ2) is 6.48. The molecule has 2 rings (SSSR count). The van der Waals surface area contributed by atoms with Crippen LogP contribution in [0.3, 0.4) is 0 Å². The van der Waals surface area contributed by atoms with Gasteiger partial charge in [0.05, 0.1) is 10.6 Å². The van der Waals surface area contributed by atoms with E-state index in [-0.39, 0.29) is 22.8 Å². The van der Waals surface area contributed by atoms with Gasteiger partial charge in [0.25, 0.3) is 10.0 Å². The molecule has 0 atom stereocenters. The standard InChI is InChI=1S/C15H15NO5S/c17-14-4-2-1-3-13(14)16-22(20,21)12-8-5-11(6-9-12)7-10-15(18)19/h1-6,8-9,16-17H,7,10H2,(H,18,19). The molecular formula is C15H15NO5S. The summed E-state index contributed by atoms with van der Waals surface area (Å²) in [6, 6.07) is 12.0. The normalized spacial score (nSPS) is 11.1. The zero-order chi connectivity index (χ0) is 16.2. The average Bonchev–Trinajstić information content (AvgIpc) is 2.48. The number of rotatable bonds is 6. The van der Waals surface area contributed by atoms with Gasteiger partial charge in [-0.1, -0.05) is 24.3 Å². The van der Waals surface area contributed by atoms with Crippen LogP contribution in [0.5, 0.6) is 5.75 Å². The van der Waals surface area contributed by atoms with Crippen molar-refractivity contribution < 1.29 is 23.4 Å². The number of carboxylic acid groups (broad SMARTS) is 1. The number of aromatic hydroxyl groups is 1. The Bertz CT molecular complexity index is 769. The molecule has 0 fully saturated rings. The van der Waals surface area contributed by atoms with Crippen LogP contribution < -0.4 is 4.72 Å². The monoisotopic (exact) mass is 321 g/mol. The van der Waals surface area contributed by atoms with Crippen LogP contribution in [0, 0.1) is 0 Å². The maximum absolute atomic E-state index is 12.2. The van der Waals surface area contributed by atoms with E-state index in [0.29, 0.717) is 6.42 Å². The van der Waals surface area contributed by atoms with Crippen molar-refractivity contribution in [3.8, 4) is 5.75 Å². The molecule has 2 aromatic rings. The summed E-state index contributed by atoms with van der Waals surface area (Å²) in [5.74, 6) is -1.07. The predicted octanol–water partition coefficient (Wildman–Crippen LogP) is 2.21. The number of benzene rings is 2. The van der Waals surface area contributed by atoms with Gasteiger partial charge in [-0.15, -0.1) is 0 Å². The predicted molar refractivity (Wildman–Crippen MR) is 81.3 cm³/mol. The van der Waals surface area contributed by atoms with E-state index < -0.39 is 16.0 Å². The highest BCUT2D eigenvalue weighted by molar-refractivity contribution is 7.92. The third kappa shape index (κ3) is 3.98. The minimum atomic E-state index is -3.81. The maximum Gasteiger partial charge on any atom is 0.303 e. The largest absolute Gasteiger partial charge is 0.506 e. The van der Waals surface area contributed by atoms with E-state index in [9.17, 15) is 18.3 Å². The number of nitrogens with one attached hydrogen (secondary N) is 1. The van der Waals surface area contributed by atoms with E-state index in [0.717, 1.165) is 5.56 Å². The molecule has 0 saturated carbocycles. The van der Waals surface area contributed by atoms with E-state index in [1.165, 1.54) is 24.3 Å². The highest BCUT2D eigenvalue weighted by Crippen LogP contribution is 2.25. The van der Waals surface area contributed by atoms with Crippen molar-refractivity contribution in [1.29, 1.82) is 0 Å². The van der Waals surface area contributed by atoms with E-state index in [1.54, 1.807) is 24.3 Å². The van der Waals surface area contributed by atoms with E-state index in [4.69, 9.17) is 5.11 Å². The van der Waals surface area contributed by atoms with Crippen LogP contribution in [0.2, 0.25) is 0 Å². The molecule has 0 unspecified atom stereocenters. The van der Waals surface area contributed by atoms with Gasteiger partial charge in [-0.05, 0) is 36.2 Å². The first-order valence-electron chi connectivity index (χ1n) is 6.50. The maximum atomic E-state index is 12.2. The average molecular weight is 321 g/mol. The summed E-state index contributed by atoms with van der Waals surface area (Å²) in [7, 11) is -3.81. The van der Waals surface area contributed by atoms with E-state index in [2.05, 4.69) is 4.72 Å². The van der Waals surface area contributed by atoms with Crippen molar-refractivity contribution in [2.24, 2.45) is 0 Å². The molecule has 116 valence electrons. The quantitative estimate of drug-likeness (QED) is 0.708. The van der Waals surface area contributed by atoms with Crippen molar-refractivity contribution >= 4 is 21.7 Å². The number of hydrogen-bond donors (Lipinski definition) is 3. The Morgan fingerprint density at radius 1 is 1.05 bits per heavy atom. The molecule has 0 aliphatic carbocycles. The van der Waals surface area contributed by atoms with Crippen molar-refractivity contribution in [1.82, 2.24) is 0 Å². The Morgan fingerprint density at radius 3 is 2.27 bits per heavy atom. The molecule has 2 aromatic carbocycles. The van der Waals surface area contributed by atoms with Crippen LogP contribution in [0.25, 0.3) is 0 Å². The molecule has 7 heteroatoms. The van der Waals surface area contributed by atoms with Gasteiger partial charge < -0.3 is 10.2 Å². The Balaban J connectivity index is 2.16. The van der Waals surface area contributed by atoms with Crippen LogP contribution in [0.15, 0.2) is 53.4 Å². The lowest BCUT2D eigenvalue weighted by atomic mass is 10.1. The van der Waals surface area contributed by atoms with Crippen LogP contribution in [-0.4, -0.2) is 24.6 Å². The molecule has 22 heavy (non-hydrogen) atoms. The highest BCUT2D eigenvalue weighted by atomic mass is 32.2. The highest BCUT2D eigenvalue weighted by Gasteiger charge is 2.15. The van der Waals surface area contributed by atoms with Gasteiger partial charge in [0.1, 0.15) is 5.75 Å². The summed E-state index contributed by atoms with van der Waals surface area (Å²) in [6.07, 6.45) is 0.324. The Kier molecular flexibility index (Phi) is 4.67. The molecule has 0 amide bonds. The molecule has 0 heterocycles. The summed E-state index contributed by atoms with van der Waals surface area (Å²) < 4.78 is 26.7. The summed E-state index contributed by atoms with van der Waals surface area (Å²) in [4.78, 5) is 10.5. The number of phenolic OH excluding ortho intramolecular Hbond substituents is 1. The minimum absolute atomic E-state index is 0.0117. The first kappa shape index (κ1) is 15.8. The van der Waals surface area contributed by atoms with Gasteiger partial charge in [-0.3, -0.25) is 9.52 Å². The van der Waals surface area contributed by atoms with Crippen molar-refractivity contribution in [3.63, 3.8) is 0 Å². The number of anilines is 1. The number of carboxylic acids is 1. The summed E-state index contributed by atoms with van der Waals surface area (Å²) in [5.41, 5.74) is 0.835. The van der Waals surface area contributed by atoms with Gasteiger partial charge >= 0.3 is 5.97 Å². The fourth-order valence-electron chi connectivity index (χ4n) is 1.85. The Hall–Kier alpha value is -2.54. The fraction of sp³-hybridized carbons (Fsp3) is 0.133. The fourth-order valence-corrected chi connectivity index (χ4v) is 2.92. The second-order valence-electron chi connectivity index (χ2n) is 4.66. The SMILES string of the molecule is O=C(O)CCc1ccc(S(=O)(=O)Nc2ccccc2O)cc1. The smallest absolute Gasteiger partial charge is 0.303 e. The lowest BCUT2D eigenvalue weighted by Crippen LogP contribution is -2.13. The first-order chi connectivity index (χ1) is 10.4. The van der Waals surface area contributed by atoms with Crippen molar-refractivity contribution in [2.45, 2.75) is 17.7 Å². The summed E-state index contributed by atoms with van der Waals surface area (Å²) >= 11 is 0. The minimum Gasteiger partial charge on any atom is -0.506 e. The number of aryl methyl sites for hydroxylation is 1. The van der Waals surface area contributed by atoms with Crippen LogP contribution >= 0.6 is 0 Å². The molecule has 0 aromatic heterocycles. The molecule has 6 nitrogen and oxygen atoms in total. The summed E-state index contributed by atoms with van der Waals surface area (Å²) in [6.45, 7) is 0. The van der Waals surface area contributed by atoms with Gasteiger partial charge in [0, 0.05) is 6.42 Å². The number of phenols is 1. The zero-order valence-electron chi connectivity index (χ0n) is 11.6. The molecule has 0 aliphatic rings. The van der Waals surface area contributed by atoms with Crippen LogP contribution in [0.1, 0.15) is 12.0 Å². The van der Waals surface area contributed by atoms with Gasteiger partial charge in [-0.25, -0.2) is 8.42 Å². The van der Waals surface area contributed by atoms with Crippen molar-refractivity contribution in [2.75, 3.05) is 4.72 Å². The lowest BCUT2D eigenvalue weighted by Gasteiger charge is -2.10. The lowest BCUT2D eigenvalue weighted by molar-refractivity contribution is -0.136. The second-order valence-corrected chi connectivity index (χ2v) is 6.34. The molecule has 0 radical (unpaired) electrons. The van der Waals surface area contributed by atoms with Gasteiger partial charge in [-0.2, -0.15) is 0 Å². The van der Waals surface area contributed by atoms with Gasteiger partial charge in [0.2, 0.25) is 0 Å². The Labute approximate surface area is 128 Å². The topological polar surface area (TPSA) is 104 Å². The van der Waals surface area contributed by atoms with Crippen LogP contribution in [-0.2, 0) is 21.2 Å². The number of carbonyl (C=O) groups is 1. The zero-order valence-corrected chi connectivity index (χ0v) is 12.4.